The van der Waals surface area contributed by atoms with E-state index >= 15 is 0 Å². The number of rotatable bonds is 3. The SMILES string of the molecule is [CH3][Sn]([CH3])([CH3])[CH2]CCO. The maximum atomic E-state index is 8.46. The number of hydrogen-bond acceptors (Lipinski definition) is 1. The number of hydrogen-bond donors (Lipinski definition) is 1. The van der Waals surface area contributed by atoms with Crippen LogP contribution < -0.4 is 0 Å². The third-order valence-corrected chi connectivity index (χ3v) is 6.38. The van der Waals surface area contributed by atoms with Crippen molar-refractivity contribution in [1.82, 2.24) is 0 Å². The third-order valence-electron chi connectivity index (χ3n) is 1.08. The summed E-state index contributed by atoms with van der Waals surface area (Å²) in [5.74, 6) is 0. The van der Waals surface area contributed by atoms with Gasteiger partial charge in [0.25, 0.3) is 0 Å². The molecule has 0 bridgehead atoms. The van der Waals surface area contributed by atoms with Crippen LogP contribution in [0, 0.1) is 0 Å². The monoisotopic (exact) mass is 224 g/mol. The van der Waals surface area contributed by atoms with Crippen molar-refractivity contribution < 1.29 is 5.11 Å². The minimum absolute atomic E-state index is 0.383. The molecule has 8 heavy (non-hydrogen) atoms. The van der Waals surface area contributed by atoms with Gasteiger partial charge in [-0.1, -0.05) is 0 Å². The zero-order chi connectivity index (χ0) is 6.62. The van der Waals surface area contributed by atoms with Gasteiger partial charge in [0.05, 0.1) is 0 Å². The molecule has 1 N–H and O–H groups in total. The Bertz CT molecular complexity index is 56.0. The predicted octanol–water partition coefficient (Wildman–Crippen LogP) is 1.71. The molecule has 0 saturated heterocycles. The van der Waals surface area contributed by atoms with Gasteiger partial charge in [0.15, 0.2) is 0 Å². The first-order valence-electron chi connectivity index (χ1n) is 3.17. The average molecular weight is 223 g/mol. The van der Waals surface area contributed by atoms with Crippen LogP contribution in [0.4, 0.5) is 0 Å². The first-order valence-corrected chi connectivity index (χ1v) is 13.8. The van der Waals surface area contributed by atoms with E-state index in [4.69, 9.17) is 5.11 Å². The minimum atomic E-state index is -1.47. The van der Waals surface area contributed by atoms with Crippen molar-refractivity contribution in [1.29, 1.82) is 0 Å². The molecule has 0 saturated carbocycles. The first-order chi connectivity index (χ1) is 3.56. The van der Waals surface area contributed by atoms with Gasteiger partial charge in [-0.25, -0.2) is 0 Å². The predicted molar refractivity (Wildman–Crippen MR) is 39.9 cm³/mol. The second-order valence-electron chi connectivity index (χ2n) is 3.39. The molecule has 1 nitrogen and oxygen atoms in total. The second-order valence-corrected chi connectivity index (χ2v) is 19.4. The molecule has 0 rings (SSSR count). The van der Waals surface area contributed by atoms with Crippen molar-refractivity contribution in [3.05, 3.63) is 0 Å². The van der Waals surface area contributed by atoms with E-state index in [0.717, 1.165) is 6.42 Å². The second kappa shape index (κ2) is 3.72. The summed E-state index contributed by atoms with van der Waals surface area (Å²) in [4.78, 5) is 7.18. The fourth-order valence-electron chi connectivity index (χ4n) is 0.609. The number of aliphatic hydroxyl groups excluding tert-OH is 1. The van der Waals surface area contributed by atoms with Gasteiger partial charge in [0.1, 0.15) is 0 Å². The van der Waals surface area contributed by atoms with Gasteiger partial charge in [-0.3, -0.25) is 0 Å². The third kappa shape index (κ3) is 6.76. The summed E-state index contributed by atoms with van der Waals surface area (Å²) < 4.78 is 1.32. The molecular weight excluding hydrogens is 207 g/mol. The normalized spacial score (nSPS) is 12.0. The van der Waals surface area contributed by atoms with Gasteiger partial charge >= 0.3 is 55.8 Å². The van der Waals surface area contributed by atoms with Gasteiger partial charge in [0.2, 0.25) is 0 Å². The quantitative estimate of drug-likeness (QED) is 0.722. The molecule has 0 spiro atoms. The van der Waals surface area contributed by atoms with E-state index in [9.17, 15) is 0 Å². The van der Waals surface area contributed by atoms with Gasteiger partial charge in [-0.2, -0.15) is 0 Å². The van der Waals surface area contributed by atoms with Crippen LogP contribution in [0.25, 0.3) is 0 Å². The summed E-state index contributed by atoms with van der Waals surface area (Å²) >= 11 is -1.47. The molecular formula is C6H16OSn. The van der Waals surface area contributed by atoms with Crippen LogP contribution in [-0.4, -0.2) is 30.1 Å². The van der Waals surface area contributed by atoms with Gasteiger partial charge in [-0.05, 0) is 0 Å². The molecule has 0 fully saturated rings. The van der Waals surface area contributed by atoms with Crippen LogP contribution >= 0.6 is 0 Å². The van der Waals surface area contributed by atoms with Gasteiger partial charge in [-0.15, -0.1) is 0 Å². The first kappa shape index (κ1) is 8.76. The zero-order valence-electron chi connectivity index (χ0n) is 6.07. The molecule has 50 valence electrons. The molecule has 0 amide bonds. The van der Waals surface area contributed by atoms with Crippen molar-refractivity contribution in [2.24, 2.45) is 0 Å². The molecule has 0 atom stereocenters. The average Bonchev–Trinajstić information content (AvgIpc) is 1.59. The van der Waals surface area contributed by atoms with E-state index in [1.165, 1.54) is 4.44 Å². The Morgan fingerprint density at radius 2 is 1.75 bits per heavy atom. The van der Waals surface area contributed by atoms with E-state index in [0.29, 0.717) is 6.61 Å². The van der Waals surface area contributed by atoms with Gasteiger partial charge < -0.3 is 0 Å². The Kier molecular flexibility index (Phi) is 4.07. The van der Waals surface area contributed by atoms with Crippen molar-refractivity contribution in [3.8, 4) is 0 Å². The Labute approximate surface area is 56.0 Å². The Morgan fingerprint density at radius 3 is 1.88 bits per heavy atom. The molecule has 0 aliphatic heterocycles. The van der Waals surface area contributed by atoms with E-state index in [2.05, 4.69) is 14.8 Å². The molecule has 0 aliphatic carbocycles. The summed E-state index contributed by atoms with van der Waals surface area (Å²) in [5.41, 5.74) is 0. The van der Waals surface area contributed by atoms with E-state index in [1.807, 2.05) is 0 Å². The molecule has 0 aromatic rings. The summed E-state index contributed by atoms with van der Waals surface area (Å²) in [7, 11) is 0. The summed E-state index contributed by atoms with van der Waals surface area (Å²) in [6.07, 6.45) is 1.03. The zero-order valence-corrected chi connectivity index (χ0v) is 8.92. The van der Waals surface area contributed by atoms with Crippen molar-refractivity contribution >= 4 is 18.4 Å². The summed E-state index contributed by atoms with van der Waals surface area (Å²) in [5, 5.41) is 8.46. The van der Waals surface area contributed by atoms with Crippen molar-refractivity contribution in [2.75, 3.05) is 6.61 Å². The van der Waals surface area contributed by atoms with Crippen molar-refractivity contribution in [3.63, 3.8) is 0 Å². The summed E-state index contributed by atoms with van der Waals surface area (Å²) in [6, 6.07) is 0. The topological polar surface area (TPSA) is 20.2 Å². The summed E-state index contributed by atoms with van der Waals surface area (Å²) in [6.45, 7) is 0.383. The maximum absolute atomic E-state index is 8.46. The Hall–Kier alpha value is 0.759. The van der Waals surface area contributed by atoms with Crippen LogP contribution in [0.5, 0.6) is 0 Å². The number of aliphatic hydroxyl groups is 1. The van der Waals surface area contributed by atoms with E-state index in [-0.39, 0.29) is 0 Å². The van der Waals surface area contributed by atoms with Crippen molar-refractivity contribution in [2.45, 2.75) is 25.7 Å². The molecule has 0 radical (unpaired) electrons. The van der Waals surface area contributed by atoms with Crippen LogP contribution in [0.15, 0.2) is 0 Å². The fraction of sp³-hybridized carbons (Fsp3) is 1.00. The molecule has 0 heterocycles. The standard InChI is InChI=1S/C3H7O.3CH3.Sn/c1-2-3-4;;;;/h4H,1-3H2;3*1H3;. The van der Waals surface area contributed by atoms with Crippen LogP contribution in [0.2, 0.25) is 19.3 Å². The van der Waals surface area contributed by atoms with Crippen LogP contribution in [0.3, 0.4) is 0 Å². The molecule has 2 heteroatoms. The Balaban J connectivity index is 3.11. The molecule has 0 aromatic heterocycles. The van der Waals surface area contributed by atoms with Gasteiger partial charge in [0, 0.05) is 0 Å². The Morgan fingerprint density at radius 1 is 1.25 bits per heavy atom. The molecule has 0 aliphatic rings. The molecule has 0 unspecified atom stereocenters. The molecule has 0 aromatic carbocycles. The van der Waals surface area contributed by atoms with Crippen LogP contribution in [-0.2, 0) is 0 Å². The van der Waals surface area contributed by atoms with E-state index in [1.54, 1.807) is 0 Å². The van der Waals surface area contributed by atoms with Crippen LogP contribution in [0.1, 0.15) is 6.42 Å². The fourth-order valence-corrected chi connectivity index (χ4v) is 4.09. The van der Waals surface area contributed by atoms with E-state index < -0.39 is 18.4 Å².